The first-order chi connectivity index (χ1) is 13.0. The van der Waals surface area contributed by atoms with Gasteiger partial charge in [0, 0.05) is 18.7 Å². The van der Waals surface area contributed by atoms with Crippen molar-refractivity contribution in [3.63, 3.8) is 0 Å². The molecule has 8 heteroatoms. The van der Waals surface area contributed by atoms with Crippen LogP contribution in [-0.2, 0) is 16.4 Å². The number of benzene rings is 2. The van der Waals surface area contributed by atoms with Crippen LogP contribution in [0.25, 0.3) is 11.4 Å². The third-order valence-corrected chi connectivity index (χ3v) is 6.49. The van der Waals surface area contributed by atoms with Gasteiger partial charge in [0.05, 0.1) is 11.3 Å². The number of aromatic nitrogens is 2. The lowest BCUT2D eigenvalue weighted by atomic mass is 10.1. The van der Waals surface area contributed by atoms with Gasteiger partial charge in [0.15, 0.2) is 0 Å². The molecule has 7 nitrogen and oxygen atoms in total. The highest BCUT2D eigenvalue weighted by Gasteiger charge is 2.27. The van der Waals surface area contributed by atoms with Crippen LogP contribution in [0.3, 0.4) is 0 Å². The first-order valence-corrected chi connectivity index (χ1v) is 10.2. The van der Waals surface area contributed by atoms with Crippen molar-refractivity contribution in [2.24, 2.45) is 0 Å². The quantitative estimate of drug-likeness (QED) is 0.725. The molecular formula is C19H19N3O4S. The van der Waals surface area contributed by atoms with Crippen LogP contribution in [-0.4, -0.2) is 41.1 Å². The molecule has 1 aromatic heterocycles. The van der Waals surface area contributed by atoms with E-state index in [1.165, 1.54) is 4.31 Å². The van der Waals surface area contributed by atoms with Crippen molar-refractivity contribution in [2.45, 2.75) is 24.2 Å². The molecule has 0 atom stereocenters. The minimum absolute atomic E-state index is 0.203. The second-order valence-corrected chi connectivity index (χ2v) is 8.43. The van der Waals surface area contributed by atoms with Gasteiger partial charge in [-0.05, 0) is 54.8 Å². The Kier molecular flexibility index (Phi) is 4.67. The summed E-state index contributed by atoms with van der Waals surface area (Å²) < 4.78 is 31.9. The number of hydrogen-bond donors (Lipinski definition) is 1. The number of rotatable bonds is 5. The minimum atomic E-state index is -3.43. The minimum Gasteiger partial charge on any atom is -0.508 e. The number of phenols is 1. The lowest BCUT2D eigenvalue weighted by molar-refractivity contribution is 0.385. The van der Waals surface area contributed by atoms with Gasteiger partial charge in [-0.3, -0.25) is 0 Å². The fourth-order valence-corrected chi connectivity index (χ4v) is 4.60. The van der Waals surface area contributed by atoms with Crippen LogP contribution >= 0.6 is 0 Å². The van der Waals surface area contributed by atoms with Crippen LogP contribution in [0, 0.1) is 0 Å². The predicted octanol–water partition coefficient (Wildman–Crippen LogP) is 2.82. The molecule has 1 aliphatic heterocycles. The van der Waals surface area contributed by atoms with Gasteiger partial charge in [-0.1, -0.05) is 17.3 Å². The van der Waals surface area contributed by atoms with Crippen molar-refractivity contribution in [3.05, 3.63) is 60.0 Å². The molecule has 1 saturated heterocycles. The molecule has 0 bridgehead atoms. The molecule has 0 aliphatic carbocycles. The molecule has 3 aromatic rings. The first-order valence-electron chi connectivity index (χ1n) is 8.73. The van der Waals surface area contributed by atoms with Crippen molar-refractivity contribution in [1.29, 1.82) is 0 Å². The van der Waals surface area contributed by atoms with Crippen LogP contribution in [0.5, 0.6) is 5.75 Å². The fraction of sp³-hybridized carbons (Fsp3) is 0.263. The summed E-state index contributed by atoms with van der Waals surface area (Å²) in [6, 6.07) is 13.3. The van der Waals surface area contributed by atoms with Gasteiger partial charge in [0.2, 0.25) is 21.7 Å². The third kappa shape index (κ3) is 3.72. The molecule has 1 N–H and O–H groups in total. The van der Waals surface area contributed by atoms with Crippen molar-refractivity contribution in [1.82, 2.24) is 14.4 Å². The van der Waals surface area contributed by atoms with E-state index in [-0.39, 0.29) is 10.6 Å². The maximum absolute atomic E-state index is 12.6. The number of sulfonamides is 1. The summed E-state index contributed by atoms with van der Waals surface area (Å²) in [6.45, 7) is 1.16. The van der Waals surface area contributed by atoms with E-state index in [9.17, 15) is 13.5 Å². The SMILES string of the molecule is O=S(=O)(c1ccc(-c2noc(Cc3ccc(O)cc3)n2)cc1)N1CCCC1. The van der Waals surface area contributed by atoms with Crippen molar-refractivity contribution < 1.29 is 18.0 Å². The van der Waals surface area contributed by atoms with E-state index >= 15 is 0 Å². The van der Waals surface area contributed by atoms with Crippen LogP contribution in [0.2, 0.25) is 0 Å². The Bertz CT molecular complexity index is 1020. The molecule has 0 amide bonds. The van der Waals surface area contributed by atoms with Gasteiger partial charge in [0.1, 0.15) is 5.75 Å². The van der Waals surface area contributed by atoms with E-state index in [2.05, 4.69) is 10.1 Å². The standard InChI is InChI=1S/C19H19N3O4S/c23-16-7-3-14(4-8-16)13-18-20-19(21-26-18)15-5-9-17(10-6-15)27(24,25)22-11-1-2-12-22/h3-10,23H,1-2,11-13H2. The summed E-state index contributed by atoms with van der Waals surface area (Å²) in [5.74, 6) is 1.06. The second kappa shape index (κ2) is 7.13. The topological polar surface area (TPSA) is 96.5 Å². The summed E-state index contributed by atoms with van der Waals surface area (Å²) in [4.78, 5) is 4.65. The zero-order chi connectivity index (χ0) is 18.9. The Balaban J connectivity index is 1.51. The highest BCUT2D eigenvalue weighted by molar-refractivity contribution is 7.89. The van der Waals surface area contributed by atoms with Gasteiger partial charge in [-0.2, -0.15) is 9.29 Å². The largest absolute Gasteiger partial charge is 0.508 e. The van der Waals surface area contributed by atoms with Crippen molar-refractivity contribution >= 4 is 10.0 Å². The Morgan fingerprint density at radius 3 is 2.33 bits per heavy atom. The van der Waals surface area contributed by atoms with E-state index in [1.807, 2.05) is 0 Å². The smallest absolute Gasteiger partial charge is 0.243 e. The molecule has 0 spiro atoms. The maximum Gasteiger partial charge on any atom is 0.243 e. The summed E-state index contributed by atoms with van der Waals surface area (Å²) in [5, 5.41) is 13.3. The zero-order valence-corrected chi connectivity index (χ0v) is 15.4. The molecule has 27 heavy (non-hydrogen) atoms. The molecule has 2 heterocycles. The molecule has 0 unspecified atom stereocenters. The maximum atomic E-state index is 12.6. The van der Waals surface area contributed by atoms with E-state index in [0.29, 0.717) is 36.8 Å². The number of hydrogen-bond acceptors (Lipinski definition) is 6. The number of phenolic OH excluding ortho intramolecular Hbond substituents is 1. The third-order valence-electron chi connectivity index (χ3n) is 4.58. The summed E-state index contributed by atoms with van der Waals surface area (Å²) in [6.07, 6.45) is 2.27. The summed E-state index contributed by atoms with van der Waals surface area (Å²) in [5.41, 5.74) is 1.63. The van der Waals surface area contributed by atoms with Crippen molar-refractivity contribution in [3.8, 4) is 17.1 Å². The van der Waals surface area contributed by atoms with Crippen LogP contribution < -0.4 is 0 Å². The van der Waals surface area contributed by atoms with Gasteiger partial charge in [-0.15, -0.1) is 0 Å². The second-order valence-electron chi connectivity index (χ2n) is 6.49. The van der Waals surface area contributed by atoms with Gasteiger partial charge < -0.3 is 9.63 Å². The van der Waals surface area contributed by atoms with Gasteiger partial charge in [-0.25, -0.2) is 8.42 Å². The number of aromatic hydroxyl groups is 1. The van der Waals surface area contributed by atoms with Crippen LogP contribution in [0.4, 0.5) is 0 Å². The lowest BCUT2D eigenvalue weighted by Gasteiger charge is -2.15. The van der Waals surface area contributed by atoms with Crippen LogP contribution in [0.15, 0.2) is 57.9 Å². The highest BCUT2D eigenvalue weighted by Crippen LogP contribution is 2.24. The molecule has 140 valence electrons. The fourth-order valence-electron chi connectivity index (χ4n) is 3.09. The summed E-state index contributed by atoms with van der Waals surface area (Å²) >= 11 is 0. The first kappa shape index (κ1) is 17.7. The lowest BCUT2D eigenvalue weighted by Crippen LogP contribution is -2.27. The monoisotopic (exact) mass is 385 g/mol. The molecule has 1 fully saturated rings. The van der Waals surface area contributed by atoms with E-state index in [4.69, 9.17) is 4.52 Å². The Morgan fingerprint density at radius 2 is 1.67 bits per heavy atom. The average Bonchev–Trinajstić information content (AvgIpc) is 3.36. The Hall–Kier alpha value is -2.71. The van der Waals surface area contributed by atoms with E-state index < -0.39 is 10.0 Å². The normalized spacial score (nSPS) is 15.3. The Labute approximate surface area is 157 Å². The average molecular weight is 385 g/mol. The molecule has 1 aliphatic rings. The molecule has 4 rings (SSSR count). The summed E-state index contributed by atoms with van der Waals surface area (Å²) in [7, 11) is -3.43. The molecular weight excluding hydrogens is 366 g/mol. The van der Waals surface area contributed by atoms with E-state index in [0.717, 1.165) is 18.4 Å². The van der Waals surface area contributed by atoms with Crippen LogP contribution in [0.1, 0.15) is 24.3 Å². The van der Waals surface area contributed by atoms with Crippen molar-refractivity contribution in [2.75, 3.05) is 13.1 Å². The molecule has 2 aromatic carbocycles. The van der Waals surface area contributed by atoms with Gasteiger partial charge in [0.25, 0.3) is 0 Å². The molecule has 0 radical (unpaired) electrons. The predicted molar refractivity (Wildman–Crippen MR) is 98.6 cm³/mol. The molecule has 0 saturated carbocycles. The highest BCUT2D eigenvalue weighted by atomic mass is 32.2. The number of nitrogens with zero attached hydrogens (tertiary/aromatic N) is 3. The van der Waals surface area contributed by atoms with Gasteiger partial charge >= 0.3 is 0 Å². The Morgan fingerprint density at radius 1 is 1.00 bits per heavy atom. The van der Waals surface area contributed by atoms with E-state index in [1.54, 1.807) is 48.5 Å². The zero-order valence-electron chi connectivity index (χ0n) is 14.6.